The van der Waals surface area contributed by atoms with Crippen molar-refractivity contribution in [2.75, 3.05) is 24.5 Å². The summed E-state index contributed by atoms with van der Waals surface area (Å²) >= 11 is 0. The molecule has 1 aromatic carbocycles. The molecular weight excluding hydrogens is 196 g/mol. The van der Waals surface area contributed by atoms with E-state index in [1.807, 2.05) is 0 Å². The fourth-order valence-corrected chi connectivity index (χ4v) is 2.45. The zero-order valence-corrected chi connectivity index (χ0v) is 10.5. The SMILES string of the molecule is Cc1ccccc1N1CC(C)CNCC1C. The van der Waals surface area contributed by atoms with Gasteiger partial charge in [0.15, 0.2) is 0 Å². The second-order valence-electron chi connectivity index (χ2n) is 5.05. The van der Waals surface area contributed by atoms with Crippen LogP contribution in [-0.2, 0) is 0 Å². The third kappa shape index (κ3) is 2.38. The lowest BCUT2D eigenvalue weighted by Gasteiger charge is -2.31. The molecule has 0 radical (unpaired) electrons. The lowest BCUT2D eigenvalue weighted by Crippen LogP contribution is -2.38. The second-order valence-corrected chi connectivity index (χ2v) is 5.05. The van der Waals surface area contributed by atoms with E-state index < -0.39 is 0 Å². The van der Waals surface area contributed by atoms with Crippen LogP contribution in [0.15, 0.2) is 24.3 Å². The van der Waals surface area contributed by atoms with Crippen LogP contribution in [0.1, 0.15) is 19.4 Å². The Hall–Kier alpha value is -1.02. The molecule has 2 unspecified atom stereocenters. The highest BCUT2D eigenvalue weighted by Crippen LogP contribution is 2.23. The van der Waals surface area contributed by atoms with Crippen molar-refractivity contribution in [1.82, 2.24) is 5.32 Å². The van der Waals surface area contributed by atoms with Gasteiger partial charge >= 0.3 is 0 Å². The highest BCUT2D eigenvalue weighted by Gasteiger charge is 2.21. The molecule has 1 aliphatic heterocycles. The number of aryl methyl sites for hydroxylation is 1. The maximum atomic E-state index is 3.52. The van der Waals surface area contributed by atoms with Gasteiger partial charge in [-0.1, -0.05) is 25.1 Å². The molecule has 0 saturated carbocycles. The highest BCUT2D eigenvalue weighted by molar-refractivity contribution is 5.54. The van der Waals surface area contributed by atoms with Crippen LogP contribution in [0.5, 0.6) is 0 Å². The van der Waals surface area contributed by atoms with Gasteiger partial charge in [0, 0.05) is 24.8 Å². The minimum absolute atomic E-state index is 0.575. The summed E-state index contributed by atoms with van der Waals surface area (Å²) in [6.07, 6.45) is 0. The fourth-order valence-electron chi connectivity index (χ4n) is 2.45. The van der Waals surface area contributed by atoms with Gasteiger partial charge in [-0.15, -0.1) is 0 Å². The van der Waals surface area contributed by atoms with Crippen LogP contribution in [0.4, 0.5) is 5.69 Å². The van der Waals surface area contributed by atoms with Crippen LogP contribution in [0.3, 0.4) is 0 Å². The minimum atomic E-state index is 0.575. The van der Waals surface area contributed by atoms with E-state index in [1.54, 1.807) is 0 Å². The Bertz CT molecular complexity index is 348. The Balaban J connectivity index is 2.26. The molecular formula is C14H22N2. The van der Waals surface area contributed by atoms with Gasteiger partial charge in [0.25, 0.3) is 0 Å². The maximum absolute atomic E-state index is 3.52. The molecule has 1 heterocycles. The van der Waals surface area contributed by atoms with Gasteiger partial charge in [0.2, 0.25) is 0 Å². The van der Waals surface area contributed by atoms with Crippen LogP contribution in [0.2, 0.25) is 0 Å². The van der Waals surface area contributed by atoms with Crippen LogP contribution < -0.4 is 10.2 Å². The minimum Gasteiger partial charge on any atom is -0.367 e. The van der Waals surface area contributed by atoms with Gasteiger partial charge in [-0.3, -0.25) is 0 Å². The first-order valence-electron chi connectivity index (χ1n) is 6.21. The Morgan fingerprint density at radius 2 is 1.94 bits per heavy atom. The summed E-state index contributed by atoms with van der Waals surface area (Å²) in [6, 6.07) is 9.27. The fraction of sp³-hybridized carbons (Fsp3) is 0.571. The number of nitrogens with one attached hydrogen (secondary N) is 1. The number of nitrogens with zero attached hydrogens (tertiary/aromatic N) is 1. The molecule has 1 saturated heterocycles. The van der Waals surface area contributed by atoms with E-state index in [2.05, 4.69) is 55.3 Å². The standard InChI is InChI=1S/C14H22N2/c1-11-8-15-9-13(3)16(10-11)14-7-5-4-6-12(14)2/h4-7,11,13,15H,8-10H2,1-3H3. The van der Waals surface area contributed by atoms with Crippen LogP contribution in [0.25, 0.3) is 0 Å². The van der Waals surface area contributed by atoms with Gasteiger partial charge in [-0.05, 0) is 37.9 Å². The molecule has 0 bridgehead atoms. The van der Waals surface area contributed by atoms with Gasteiger partial charge in [-0.25, -0.2) is 0 Å². The monoisotopic (exact) mass is 218 g/mol. The third-order valence-corrected chi connectivity index (χ3v) is 3.40. The number of hydrogen-bond donors (Lipinski definition) is 1. The Labute approximate surface area is 98.7 Å². The zero-order valence-electron chi connectivity index (χ0n) is 10.5. The number of hydrogen-bond acceptors (Lipinski definition) is 2. The largest absolute Gasteiger partial charge is 0.367 e. The van der Waals surface area contributed by atoms with Crippen molar-refractivity contribution in [1.29, 1.82) is 0 Å². The van der Waals surface area contributed by atoms with Gasteiger partial charge in [0.05, 0.1) is 0 Å². The van der Waals surface area contributed by atoms with Crippen molar-refractivity contribution < 1.29 is 0 Å². The van der Waals surface area contributed by atoms with E-state index in [-0.39, 0.29) is 0 Å². The molecule has 16 heavy (non-hydrogen) atoms. The molecule has 2 heteroatoms. The molecule has 1 aliphatic rings. The summed E-state index contributed by atoms with van der Waals surface area (Å²) in [7, 11) is 0. The van der Waals surface area contributed by atoms with Crippen LogP contribution in [-0.4, -0.2) is 25.7 Å². The van der Waals surface area contributed by atoms with Crippen molar-refractivity contribution in [3.63, 3.8) is 0 Å². The summed E-state index contributed by atoms with van der Waals surface area (Å²) in [6.45, 7) is 10.2. The number of rotatable bonds is 1. The van der Waals surface area contributed by atoms with Gasteiger partial charge in [-0.2, -0.15) is 0 Å². The maximum Gasteiger partial charge on any atom is 0.0398 e. The summed E-state index contributed by atoms with van der Waals surface area (Å²) in [5.41, 5.74) is 2.77. The number of para-hydroxylation sites is 1. The van der Waals surface area contributed by atoms with Crippen molar-refractivity contribution in [3.05, 3.63) is 29.8 Å². The Morgan fingerprint density at radius 1 is 1.19 bits per heavy atom. The summed E-state index contributed by atoms with van der Waals surface area (Å²) in [5, 5.41) is 3.52. The predicted molar refractivity (Wildman–Crippen MR) is 70.0 cm³/mol. The highest BCUT2D eigenvalue weighted by atomic mass is 15.2. The van der Waals surface area contributed by atoms with Crippen LogP contribution in [0, 0.1) is 12.8 Å². The van der Waals surface area contributed by atoms with E-state index in [1.165, 1.54) is 11.3 Å². The van der Waals surface area contributed by atoms with E-state index >= 15 is 0 Å². The zero-order chi connectivity index (χ0) is 11.5. The van der Waals surface area contributed by atoms with Gasteiger partial charge in [0.1, 0.15) is 0 Å². The van der Waals surface area contributed by atoms with Crippen molar-refractivity contribution in [2.45, 2.75) is 26.8 Å². The van der Waals surface area contributed by atoms with Crippen LogP contribution >= 0.6 is 0 Å². The molecule has 88 valence electrons. The first kappa shape index (κ1) is 11.5. The second kappa shape index (κ2) is 4.88. The Kier molecular flexibility index (Phi) is 3.49. The Morgan fingerprint density at radius 3 is 2.69 bits per heavy atom. The number of anilines is 1. The lowest BCUT2D eigenvalue weighted by atomic mass is 10.1. The van der Waals surface area contributed by atoms with E-state index in [0.29, 0.717) is 12.0 Å². The first-order chi connectivity index (χ1) is 7.68. The number of benzene rings is 1. The third-order valence-electron chi connectivity index (χ3n) is 3.40. The van der Waals surface area contributed by atoms with Gasteiger partial charge < -0.3 is 10.2 Å². The first-order valence-corrected chi connectivity index (χ1v) is 6.21. The molecule has 0 aromatic heterocycles. The molecule has 2 nitrogen and oxygen atoms in total. The quantitative estimate of drug-likeness (QED) is 0.779. The van der Waals surface area contributed by atoms with Crippen molar-refractivity contribution in [2.24, 2.45) is 5.92 Å². The molecule has 1 fully saturated rings. The van der Waals surface area contributed by atoms with E-state index in [0.717, 1.165) is 19.6 Å². The smallest absolute Gasteiger partial charge is 0.0398 e. The molecule has 0 amide bonds. The summed E-state index contributed by atoms with van der Waals surface area (Å²) in [4.78, 5) is 2.54. The average Bonchev–Trinajstić information content (AvgIpc) is 2.42. The predicted octanol–water partition coefficient (Wildman–Crippen LogP) is 2.43. The normalized spacial score (nSPS) is 26.6. The van der Waals surface area contributed by atoms with Crippen molar-refractivity contribution in [3.8, 4) is 0 Å². The molecule has 0 spiro atoms. The molecule has 1 aromatic rings. The molecule has 1 N–H and O–H groups in total. The molecule has 0 aliphatic carbocycles. The molecule has 2 rings (SSSR count). The summed E-state index contributed by atoms with van der Waals surface area (Å²) in [5.74, 6) is 0.713. The lowest BCUT2D eigenvalue weighted by molar-refractivity contribution is 0.563. The average molecular weight is 218 g/mol. The van der Waals surface area contributed by atoms with Crippen molar-refractivity contribution >= 4 is 5.69 Å². The van der Waals surface area contributed by atoms with E-state index in [9.17, 15) is 0 Å². The molecule has 2 atom stereocenters. The summed E-state index contributed by atoms with van der Waals surface area (Å²) < 4.78 is 0. The van der Waals surface area contributed by atoms with E-state index in [4.69, 9.17) is 0 Å². The topological polar surface area (TPSA) is 15.3 Å².